The molecule has 11 nitrogen and oxygen atoms in total. The van der Waals surface area contributed by atoms with E-state index in [1.54, 1.807) is 12.4 Å². The van der Waals surface area contributed by atoms with Gasteiger partial charge < -0.3 is 33.3 Å². The number of fused-ring (bicyclic) bond motifs is 3. The number of nitrogens with zero attached hydrogens (tertiary/aromatic N) is 5. The number of imidazole rings is 1. The van der Waals surface area contributed by atoms with Crippen LogP contribution in [0.2, 0.25) is 5.02 Å². The molecule has 0 saturated carbocycles. The van der Waals surface area contributed by atoms with E-state index in [4.69, 9.17) is 42.0 Å². The molecule has 0 unspecified atom stereocenters. The molecule has 0 radical (unpaired) electrons. The number of rotatable bonds is 18. The predicted molar refractivity (Wildman–Crippen MR) is 179 cm³/mol. The van der Waals surface area contributed by atoms with E-state index in [-0.39, 0.29) is 24.8 Å². The number of halogens is 1. The maximum Gasteiger partial charge on any atom is 0.238 e. The van der Waals surface area contributed by atoms with Crippen molar-refractivity contribution in [3.05, 3.63) is 53.1 Å². The van der Waals surface area contributed by atoms with Gasteiger partial charge in [-0.05, 0) is 49.1 Å². The molecule has 2 aliphatic heterocycles. The molecule has 1 fully saturated rings. The Kier molecular flexibility index (Phi) is 12.6. The quantitative estimate of drug-likeness (QED) is 0.146. The number of piperidine rings is 1. The zero-order chi connectivity index (χ0) is 33.1. The lowest BCUT2D eigenvalue weighted by Gasteiger charge is -2.38. The molecule has 4 heterocycles. The van der Waals surface area contributed by atoms with Crippen LogP contribution >= 0.6 is 11.6 Å². The Balaban J connectivity index is 1.11. The third-order valence-electron chi connectivity index (χ3n) is 8.82. The molecule has 0 bridgehead atoms. The fraction of sp³-hybridized carbons (Fsp3) is 0.543. The summed E-state index contributed by atoms with van der Waals surface area (Å²) in [4.78, 5) is 40.3. The number of anilines is 1. The lowest BCUT2D eigenvalue weighted by atomic mass is 9.74. The summed E-state index contributed by atoms with van der Waals surface area (Å²) >= 11 is 6.29. The van der Waals surface area contributed by atoms with Gasteiger partial charge in [-0.25, -0.2) is 4.98 Å². The fourth-order valence-corrected chi connectivity index (χ4v) is 6.52. The summed E-state index contributed by atoms with van der Waals surface area (Å²) in [7, 11) is 0. The molecule has 0 aliphatic carbocycles. The topological polar surface area (TPSA) is 108 Å². The van der Waals surface area contributed by atoms with Gasteiger partial charge in [-0.2, -0.15) is 0 Å². The molecule has 2 amide bonds. The first-order valence-electron chi connectivity index (χ1n) is 16.4. The van der Waals surface area contributed by atoms with Crippen LogP contribution in [0.25, 0.3) is 11.0 Å². The first-order chi connectivity index (χ1) is 23.0. The van der Waals surface area contributed by atoms with Gasteiger partial charge in [-0.1, -0.05) is 30.9 Å². The molecular weight excluding hydrogens is 622 g/mol. The van der Waals surface area contributed by atoms with Crippen LogP contribution in [0.4, 0.5) is 5.69 Å². The summed E-state index contributed by atoms with van der Waals surface area (Å²) in [6.45, 7) is 7.59. The summed E-state index contributed by atoms with van der Waals surface area (Å²) in [5.74, 6) is 3.30. The number of carbonyl (C=O) groups is 2. The van der Waals surface area contributed by atoms with Crippen LogP contribution in [-0.2, 0) is 47.0 Å². The van der Waals surface area contributed by atoms with Crippen LogP contribution in [0.5, 0.6) is 0 Å². The molecule has 1 spiro atoms. The Morgan fingerprint density at radius 1 is 1.02 bits per heavy atom. The van der Waals surface area contributed by atoms with E-state index < -0.39 is 5.41 Å². The van der Waals surface area contributed by atoms with Crippen LogP contribution in [0.15, 0.2) is 36.7 Å². The van der Waals surface area contributed by atoms with E-state index in [0.717, 1.165) is 47.5 Å². The summed E-state index contributed by atoms with van der Waals surface area (Å²) in [6, 6.07) is 7.71. The molecule has 47 heavy (non-hydrogen) atoms. The second-order valence-electron chi connectivity index (χ2n) is 11.8. The minimum Gasteiger partial charge on any atom is -0.379 e. The van der Waals surface area contributed by atoms with E-state index in [9.17, 15) is 9.59 Å². The van der Waals surface area contributed by atoms with Crippen LogP contribution < -0.4 is 4.90 Å². The zero-order valence-electron chi connectivity index (χ0n) is 27.1. The highest BCUT2D eigenvalue weighted by Gasteiger charge is 2.52. The normalized spacial score (nSPS) is 15.5. The van der Waals surface area contributed by atoms with Crippen molar-refractivity contribution >= 4 is 40.1 Å². The third-order valence-corrected chi connectivity index (χ3v) is 9.05. The number of terminal acetylenes is 1. The summed E-state index contributed by atoms with van der Waals surface area (Å²) in [5.41, 5.74) is 2.95. The Morgan fingerprint density at radius 3 is 2.43 bits per heavy atom. The number of likely N-dealkylation sites (tertiary alicyclic amines) is 1. The molecule has 1 aromatic carbocycles. The third kappa shape index (κ3) is 8.31. The van der Waals surface area contributed by atoms with Gasteiger partial charge in [0.15, 0.2) is 0 Å². The van der Waals surface area contributed by atoms with E-state index in [2.05, 4.69) is 22.4 Å². The number of hydrogen-bond acceptors (Lipinski definition) is 8. The van der Waals surface area contributed by atoms with Gasteiger partial charge in [0, 0.05) is 30.9 Å². The van der Waals surface area contributed by atoms with Gasteiger partial charge in [0.05, 0.1) is 87.5 Å². The van der Waals surface area contributed by atoms with Crippen molar-refractivity contribution in [2.75, 3.05) is 70.8 Å². The van der Waals surface area contributed by atoms with Gasteiger partial charge in [-0.15, -0.1) is 6.42 Å². The van der Waals surface area contributed by atoms with Gasteiger partial charge in [0.25, 0.3) is 0 Å². The van der Waals surface area contributed by atoms with Crippen LogP contribution in [0.3, 0.4) is 0 Å². The molecule has 2 aromatic heterocycles. The van der Waals surface area contributed by atoms with Crippen molar-refractivity contribution in [1.82, 2.24) is 19.4 Å². The molecule has 3 aromatic rings. The van der Waals surface area contributed by atoms with Crippen molar-refractivity contribution in [3.8, 4) is 12.3 Å². The molecule has 1 saturated heterocycles. The lowest BCUT2D eigenvalue weighted by molar-refractivity contribution is -0.136. The van der Waals surface area contributed by atoms with Gasteiger partial charge in [0.1, 0.15) is 12.4 Å². The highest BCUT2D eigenvalue weighted by atomic mass is 35.5. The molecule has 12 heteroatoms. The maximum absolute atomic E-state index is 14.3. The minimum atomic E-state index is -0.690. The Bertz CT molecular complexity index is 1550. The number of hydrogen-bond donors (Lipinski definition) is 0. The molecule has 0 atom stereocenters. The van der Waals surface area contributed by atoms with Crippen molar-refractivity contribution in [2.45, 2.75) is 57.5 Å². The second kappa shape index (κ2) is 17.0. The average Bonchev–Trinajstić information content (AvgIpc) is 3.53. The van der Waals surface area contributed by atoms with Gasteiger partial charge in [-0.3, -0.25) is 14.6 Å². The predicted octanol–water partition coefficient (Wildman–Crippen LogP) is 4.38. The van der Waals surface area contributed by atoms with E-state index in [0.29, 0.717) is 83.7 Å². The van der Waals surface area contributed by atoms with Crippen molar-refractivity contribution in [3.63, 3.8) is 0 Å². The number of unbranched alkanes of at least 4 members (excludes halogenated alkanes) is 1. The van der Waals surface area contributed by atoms with Gasteiger partial charge in [0.2, 0.25) is 11.8 Å². The lowest BCUT2D eigenvalue weighted by Crippen LogP contribution is -2.50. The Labute approximate surface area is 281 Å². The first-order valence-corrected chi connectivity index (χ1v) is 16.8. The largest absolute Gasteiger partial charge is 0.379 e. The number of benzene rings is 1. The molecule has 5 rings (SSSR count). The second-order valence-corrected chi connectivity index (χ2v) is 12.2. The van der Waals surface area contributed by atoms with E-state index in [1.165, 1.54) is 0 Å². The van der Waals surface area contributed by atoms with E-state index >= 15 is 0 Å². The molecular formula is C35H44ClN5O6. The molecule has 2 aliphatic rings. The summed E-state index contributed by atoms with van der Waals surface area (Å²) < 4.78 is 23.8. The summed E-state index contributed by atoms with van der Waals surface area (Å²) in [5, 5.41) is 0.633. The van der Waals surface area contributed by atoms with Gasteiger partial charge >= 0.3 is 0 Å². The van der Waals surface area contributed by atoms with Crippen LogP contribution in [-0.4, -0.2) is 97.2 Å². The zero-order valence-corrected chi connectivity index (χ0v) is 27.9. The monoisotopic (exact) mass is 665 g/mol. The molecule has 252 valence electrons. The highest BCUT2D eigenvalue weighted by molar-refractivity contribution is 6.31. The smallest absolute Gasteiger partial charge is 0.238 e. The van der Waals surface area contributed by atoms with E-state index in [1.807, 2.05) is 34.1 Å². The summed E-state index contributed by atoms with van der Waals surface area (Å²) in [6.07, 6.45) is 12.1. The van der Waals surface area contributed by atoms with Crippen LogP contribution in [0, 0.1) is 12.3 Å². The average molecular weight is 666 g/mol. The number of aromatic nitrogens is 3. The Morgan fingerprint density at radius 2 is 1.72 bits per heavy atom. The fourth-order valence-electron chi connectivity index (χ4n) is 6.36. The number of aryl methyl sites for hydroxylation is 1. The number of ether oxygens (including phenoxy) is 4. The van der Waals surface area contributed by atoms with Crippen LogP contribution in [0.1, 0.15) is 50.4 Å². The Hall–Kier alpha value is -3.53. The first kappa shape index (κ1) is 34.8. The maximum atomic E-state index is 14.3. The number of amides is 2. The van der Waals surface area contributed by atoms with Crippen molar-refractivity contribution < 1.29 is 28.5 Å². The standard InChI is InChI=1S/C35H44ClN5O6/c1-3-5-13-40-30-7-6-27(36)24-29(30)38-32(40)26-41-31-25-37-12-8-28(31)35(34(41)43)10-14-39(15-11-35)33(42)9-17-45-19-21-47-23-22-46-20-18-44-16-4-2/h2,6-8,12,24-25H,3,5,9-11,13-23,26H2,1H3. The highest BCUT2D eigenvalue weighted by Crippen LogP contribution is 2.48. The number of pyridine rings is 1. The SMILES string of the molecule is C#CCOCCOCCOCCOCCC(=O)N1CCC2(CC1)C(=O)N(Cc1nc3cc(Cl)ccc3n1CCCC)c1cnccc12. The number of carbonyl (C=O) groups excluding carboxylic acids is 2. The van der Waals surface area contributed by atoms with Crippen molar-refractivity contribution in [1.29, 1.82) is 0 Å². The van der Waals surface area contributed by atoms with Crippen molar-refractivity contribution in [2.24, 2.45) is 0 Å². The molecule has 0 N–H and O–H groups in total. The minimum absolute atomic E-state index is 0.0294.